The number of carbonyl (C=O) groups is 1. The van der Waals surface area contributed by atoms with Crippen LogP contribution in [0.15, 0.2) is 59.6 Å². The first kappa shape index (κ1) is 23.0. The second-order valence-electron chi connectivity index (χ2n) is 8.79. The minimum atomic E-state index is -3.56. The molecule has 0 saturated carbocycles. The molecule has 0 aliphatic carbocycles. The van der Waals surface area contributed by atoms with E-state index in [1.165, 1.54) is 4.31 Å². The summed E-state index contributed by atoms with van der Waals surface area (Å²) in [5.41, 5.74) is 2.61. The van der Waals surface area contributed by atoms with Crippen molar-refractivity contribution in [3.63, 3.8) is 0 Å². The number of aliphatic imine (C=N–C) groups is 1. The van der Waals surface area contributed by atoms with Crippen molar-refractivity contribution in [1.29, 1.82) is 0 Å². The molecule has 2 aliphatic rings. The van der Waals surface area contributed by atoms with E-state index in [4.69, 9.17) is 4.99 Å². The summed E-state index contributed by atoms with van der Waals surface area (Å²) in [6, 6.07) is 16.9. The van der Waals surface area contributed by atoms with Crippen LogP contribution in [0.5, 0.6) is 0 Å². The van der Waals surface area contributed by atoms with Gasteiger partial charge in [-0.3, -0.25) is 14.7 Å². The standard InChI is InChI=1S/C24H29N3O3S2/c1-4-32(29,30)26-16-20-13-9-8-12-19(20)14-21(26)22(28)27-23(31-17-24(27,2)3)25-15-18-10-6-5-7-11-18/h5-13,21H,4,14-17H2,1-3H3/t21-/m0/s1. The van der Waals surface area contributed by atoms with E-state index in [9.17, 15) is 13.2 Å². The van der Waals surface area contributed by atoms with Crippen molar-refractivity contribution < 1.29 is 13.2 Å². The van der Waals surface area contributed by atoms with Gasteiger partial charge in [0.25, 0.3) is 0 Å². The fourth-order valence-corrected chi connectivity index (χ4v) is 6.65. The molecule has 2 aromatic rings. The van der Waals surface area contributed by atoms with Crippen LogP contribution in [0.1, 0.15) is 37.5 Å². The number of nitrogens with zero attached hydrogens (tertiary/aromatic N) is 3. The van der Waals surface area contributed by atoms with Gasteiger partial charge in [0, 0.05) is 12.3 Å². The summed E-state index contributed by atoms with van der Waals surface area (Å²) >= 11 is 1.56. The smallest absolute Gasteiger partial charge is 0.247 e. The van der Waals surface area contributed by atoms with Gasteiger partial charge >= 0.3 is 0 Å². The molecule has 2 aromatic carbocycles. The molecule has 1 fully saturated rings. The van der Waals surface area contributed by atoms with Crippen molar-refractivity contribution in [2.24, 2.45) is 4.99 Å². The van der Waals surface area contributed by atoms with Crippen LogP contribution in [-0.2, 0) is 34.3 Å². The van der Waals surface area contributed by atoms with Gasteiger partial charge in [-0.2, -0.15) is 4.31 Å². The number of rotatable bonds is 5. The van der Waals surface area contributed by atoms with E-state index >= 15 is 0 Å². The summed E-state index contributed by atoms with van der Waals surface area (Å²) in [5, 5.41) is 0.663. The first-order valence-electron chi connectivity index (χ1n) is 10.8. The van der Waals surface area contributed by atoms with Crippen LogP contribution in [0.3, 0.4) is 0 Å². The Balaban J connectivity index is 1.68. The predicted molar refractivity (Wildman–Crippen MR) is 130 cm³/mol. The van der Waals surface area contributed by atoms with Crippen LogP contribution in [-0.4, -0.2) is 51.8 Å². The van der Waals surface area contributed by atoms with E-state index < -0.39 is 21.6 Å². The Morgan fingerprint density at radius 3 is 2.44 bits per heavy atom. The number of amidine groups is 1. The number of sulfonamides is 1. The molecular formula is C24H29N3O3S2. The number of carbonyl (C=O) groups excluding carboxylic acids is 1. The van der Waals surface area contributed by atoms with Crippen molar-refractivity contribution in [3.8, 4) is 0 Å². The highest BCUT2D eigenvalue weighted by atomic mass is 32.2. The SMILES string of the molecule is CCS(=O)(=O)N1Cc2ccccc2C[C@H]1C(=O)N1C(=NCc2ccccc2)SCC1(C)C. The van der Waals surface area contributed by atoms with E-state index in [0.717, 1.165) is 22.4 Å². The second-order valence-corrected chi connectivity index (χ2v) is 11.9. The summed E-state index contributed by atoms with van der Waals surface area (Å²) in [6.07, 6.45) is 0.372. The zero-order valence-electron chi connectivity index (χ0n) is 18.7. The molecule has 1 saturated heterocycles. The fraction of sp³-hybridized carbons (Fsp3) is 0.417. The monoisotopic (exact) mass is 471 g/mol. The molecule has 4 rings (SSSR count). The van der Waals surface area contributed by atoms with E-state index in [0.29, 0.717) is 18.1 Å². The Hall–Kier alpha value is -2.16. The number of hydrogen-bond acceptors (Lipinski definition) is 5. The maximum Gasteiger partial charge on any atom is 0.247 e. The van der Waals surface area contributed by atoms with Crippen LogP contribution < -0.4 is 0 Å². The average molecular weight is 472 g/mol. The lowest BCUT2D eigenvalue weighted by Crippen LogP contribution is -2.58. The zero-order valence-corrected chi connectivity index (χ0v) is 20.3. The number of thioether (sulfide) groups is 1. The molecule has 0 spiro atoms. The highest BCUT2D eigenvalue weighted by Crippen LogP contribution is 2.36. The lowest BCUT2D eigenvalue weighted by molar-refractivity contribution is -0.134. The van der Waals surface area contributed by atoms with E-state index in [-0.39, 0.29) is 18.2 Å². The predicted octanol–water partition coefficient (Wildman–Crippen LogP) is 3.67. The summed E-state index contributed by atoms with van der Waals surface area (Å²) < 4.78 is 27.3. The largest absolute Gasteiger partial charge is 0.284 e. The molecule has 170 valence electrons. The van der Waals surface area contributed by atoms with Crippen molar-refractivity contribution in [2.45, 2.75) is 51.9 Å². The minimum Gasteiger partial charge on any atom is -0.284 e. The molecule has 0 bridgehead atoms. The van der Waals surface area contributed by atoms with Crippen molar-refractivity contribution in [3.05, 3.63) is 71.3 Å². The van der Waals surface area contributed by atoms with E-state index in [1.807, 2.05) is 68.4 Å². The third kappa shape index (κ3) is 4.49. The maximum absolute atomic E-state index is 13.9. The lowest BCUT2D eigenvalue weighted by atomic mass is 9.94. The quantitative estimate of drug-likeness (QED) is 0.667. The van der Waals surface area contributed by atoms with Gasteiger partial charge in [0.15, 0.2) is 5.17 Å². The Morgan fingerprint density at radius 1 is 1.09 bits per heavy atom. The average Bonchev–Trinajstić information content (AvgIpc) is 3.11. The Morgan fingerprint density at radius 2 is 1.75 bits per heavy atom. The highest BCUT2D eigenvalue weighted by molar-refractivity contribution is 8.14. The fourth-order valence-electron chi connectivity index (χ4n) is 4.20. The third-order valence-electron chi connectivity index (χ3n) is 6.02. The molecule has 0 radical (unpaired) electrons. The van der Waals surface area contributed by atoms with Gasteiger partial charge in [-0.1, -0.05) is 66.4 Å². The van der Waals surface area contributed by atoms with E-state index in [1.54, 1.807) is 23.6 Å². The first-order chi connectivity index (χ1) is 15.2. The zero-order chi connectivity index (χ0) is 22.9. The van der Waals surface area contributed by atoms with Crippen molar-refractivity contribution in [2.75, 3.05) is 11.5 Å². The van der Waals surface area contributed by atoms with Crippen LogP contribution in [0, 0.1) is 0 Å². The topological polar surface area (TPSA) is 70.1 Å². The van der Waals surface area contributed by atoms with Gasteiger partial charge in [-0.15, -0.1) is 0 Å². The first-order valence-corrected chi connectivity index (χ1v) is 13.4. The Labute approximate surface area is 194 Å². The molecule has 8 heteroatoms. The number of fused-ring (bicyclic) bond motifs is 1. The molecule has 2 aliphatic heterocycles. The molecule has 0 N–H and O–H groups in total. The third-order valence-corrected chi connectivity index (χ3v) is 9.27. The molecule has 1 amide bonds. The Bertz CT molecular complexity index is 1130. The number of hydrogen-bond donors (Lipinski definition) is 0. The van der Waals surface area contributed by atoms with Gasteiger partial charge in [0.05, 0.1) is 17.8 Å². The van der Waals surface area contributed by atoms with Gasteiger partial charge in [0.2, 0.25) is 15.9 Å². The van der Waals surface area contributed by atoms with Crippen molar-refractivity contribution >= 4 is 32.9 Å². The summed E-state index contributed by atoms with van der Waals surface area (Å²) in [7, 11) is -3.56. The van der Waals surface area contributed by atoms with Crippen LogP contribution in [0.25, 0.3) is 0 Å². The molecule has 1 atom stereocenters. The lowest BCUT2D eigenvalue weighted by Gasteiger charge is -2.39. The second kappa shape index (κ2) is 9.00. The maximum atomic E-state index is 13.9. The highest BCUT2D eigenvalue weighted by Gasteiger charge is 2.47. The summed E-state index contributed by atoms with van der Waals surface area (Å²) in [6.45, 7) is 6.35. The molecule has 6 nitrogen and oxygen atoms in total. The summed E-state index contributed by atoms with van der Waals surface area (Å²) in [5.74, 6) is 0.487. The van der Waals surface area contributed by atoms with Gasteiger partial charge in [-0.25, -0.2) is 8.42 Å². The Kier molecular flexibility index (Phi) is 6.47. The van der Waals surface area contributed by atoms with E-state index in [2.05, 4.69) is 0 Å². The van der Waals surface area contributed by atoms with Crippen molar-refractivity contribution in [1.82, 2.24) is 9.21 Å². The van der Waals surface area contributed by atoms with Crippen LogP contribution in [0.2, 0.25) is 0 Å². The number of amides is 1. The van der Waals surface area contributed by atoms with Crippen LogP contribution in [0.4, 0.5) is 0 Å². The molecule has 0 unspecified atom stereocenters. The van der Waals surface area contributed by atoms with Gasteiger partial charge in [-0.05, 0) is 43.9 Å². The molecular weight excluding hydrogens is 442 g/mol. The summed E-state index contributed by atoms with van der Waals surface area (Å²) in [4.78, 5) is 20.4. The molecule has 0 aromatic heterocycles. The van der Waals surface area contributed by atoms with Gasteiger partial charge in [0.1, 0.15) is 6.04 Å². The minimum absolute atomic E-state index is 0.0357. The number of benzene rings is 2. The normalized spacial score (nSPS) is 22.2. The molecule has 32 heavy (non-hydrogen) atoms. The van der Waals surface area contributed by atoms with Gasteiger partial charge < -0.3 is 0 Å². The van der Waals surface area contributed by atoms with Crippen LogP contribution >= 0.6 is 11.8 Å². The molecule has 2 heterocycles.